The molecule has 3 rings (SSSR count). The minimum Gasteiger partial charge on any atom is -0.355 e. The molecule has 2 fully saturated rings. The Hall–Kier alpha value is -1.88. The molecular formula is C20H29N3O2. The summed E-state index contributed by atoms with van der Waals surface area (Å²) in [5.74, 6) is 0.0526. The van der Waals surface area contributed by atoms with Gasteiger partial charge in [0.25, 0.3) is 5.91 Å². The molecule has 2 amide bonds. The maximum Gasteiger partial charge on any atom is 0.253 e. The van der Waals surface area contributed by atoms with Gasteiger partial charge in [0.1, 0.15) is 0 Å². The highest BCUT2D eigenvalue weighted by molar-refractivity contribution is 5.94. The van der Waals surface area contributed by atoms with E-state index in [9.17, 15) is 9.59 Å². The number of carbonyl (C=O) groups excluding carboxylic acids is 2. The molecule has 2 aliphatic heterocycles. The van der Waals surface area contributed by atoms with Crippen LogP contribution in [0, 0.1) is 5.92 Å². The van der Waals surface area contributed by atoms with Gasteiger partial charge in [0.05, 0.1) is 5.92 Å². The van der Waals surface area contributed by atoms with Crippen molar-refractivity contribution in [3.63, 3.8) is 0 Å². The van der Waals surface area contributed by atoms with E-state index in [1.54, 1.807) is 0 Å². The third kappa shape index (κ3) is 5.05. The minimum absolute atomic E-state index is 0.0337. The number of hydrogen-bond donors (Lipinski definition) is 1. The van der Waals surface area contributed by atoms with Gasteiger partial charge in [-0.2, -0.15) is 0 Å². The number of rotatable bonds is 5. The van der Waals surface area contributed by atoms with Crippen LogP contribution in [0.1, 0.15) is 42.5 Å². The van der Waals surface area contributed by atoms with Crippen LogP contribution in [0.15, 0.2) is 30.3 Å². The topological polar surface area (TPSA) is 52.7 Å². The van der Waals surface area contributed by atoms with E-state index in [4.69, 9.17) is 0 Å². The van der Waals surface area contributed by atoms with Crippen molar-refractivity contribution in [2.45, 2.75) is 32.1 Å². The van der Waals surface area contributed by atoms with E-state index >= 15 is 0 Å². The standard InChI is InChI=1S/C20H29N3O2/c24-19(21-11-15-22-12-5-2-6-13-22)18-10-7-14-23(16-18)20(25)17-8-3-1-4-9-17/h1,3-4,8-9,18H,2,5-7,10-16H2,(H,21,24). The van der Waals surface area contributed by atoms with E-state index in [1.807, 2.05) is 35.2 Å². The first-order valence-electron chi connectivity index (χ1n) is 9.58. The van der Waals surface area contributed by atoms with E-state index in [0.29, 0.717) is 18.7 Å². The number of nitrogens with zero attached hydrogens (tertiary/aromatic N) is 2. The molecule has 0 saturated carbocycles. The van der Waals surface area contributed by atoms with Crippen LogP contribution < -0.4 is 5.32 Å². The Balaban J connectivity index is 1.45. The van der Waals surface area contributed by atoms with Gasteiger partial charge in [-0.3, -0.25) is 9.59 Å². The molecule has 1 aromatic rings. The van der Waals surface area contributed by atoms with Gasteiger partial charge in [0.15, 0.2) is 0 Å². The van der Waals surface area contributed by atoms with Gasteiger partial charge in [0, 0.05) is 31.7 Å². The third-order valence-corrected chi connectivity index (χ3v) is 5.28. The molecule has 0 bridgehead atoms. The highest BCUT2D eigenvalue weighted by Gasteiger charge is 2.28. The van der Waals surface area contributed by atoms with Crippen LogP contribution in [-0.2, 0) is 4.79 Å². The second kappa shape index (κ2) is 8.99. The zero-order valence-electron chi connectivity index (χ0n) is 15.0. The van der Waals surface area contributed by atoms with E-state index in [-0.39, 0.29) is 17.7 Å². The molecule has 1 atom stereocenters. The molecule has 2 saturated heterocycles. The Labute approximate surface area is 150 Å². The highest BCUT2D eigenvalue weighted by Crippen LogP contribution is 2.19. The first kappa shape index (κ1) is 17.9. The molecule has 5 nitrogen and oxygen atoms in total. The SMILES string of the molecule is O=C(NCCN1CCCCC1)C1CCCN(C(=O)c2ccccc2)C1. The molecular weight excluding hydrogens is 314 g/mol. The van der Waals surface area contributed by atoms with E-state index in [2.05, 4.69) is 10.2 Å². The summed E-state index contributed by atoms with van der Waals surface area (Å²) in [4.78, 5) is 29.3. The second-order valence-electron chi connectivity index (χ2n) is 7.15. The van der Waals surface area contributed by atoms with Crippen molar-refractivity contribution in [2.24, 2.45) is 5.92 Å². The van der Waals surface area contributed by atoms with Gasteiger partial charge in [-0.1, -0.05) is 24.6 Å². The fourth-order valence-electron chi connectivity index (χ4n) is 3.80. The first-order chi connectivity index (χ1) is 12.2. The number of benzene rings is 1. The van der Waals surface area contributed by atoms with Gasteiger partial charge in [-0.15, -0.1) is 0 Å². The van der Waals surface area contributed by atoms with Crippen LogP contribution in [-0.4, -0.2) is 60.9 Å². The molecule has 0 aromatic heterocycles. The van der Waals surface area contributed by atoms with E-state index in [1.165, 1.54) is 19.3 Å². The molecule has 2 heterocycles. The van der Waals surface area contributed by atoms with Gasteiger partial charge < -0.3 is 15.1 Å². The average Bonchev–Trinajstić information content (AvgIpc) is 2.69. The van der Waals surface area contributed by atoms with Crippen molar-refractivity contribution < 1.29 is 9.59 Å². The summed E-state index contributed by atoms with van der Waals surface area (Å²) in [6.45, 7) is 5.22. The maximum atomic E-state index is 12.6. The normalized spacial score (nSPS) is 21.8. The van der Waals surface area contributed by atoms with Gasteiger partial charge in [-0.25, -0.2) is 0 Å². The van der Waals surface area contributed by atoms with Gasteiger partial charge in [-0.05, 0) is 50.9 Å². The third-order valence-electron chi connectivity index (χ3n) is 5.28. The lowest BCUT2D eigenvalue weighted by Crippen LogP contribution is -2.46. The molecule has 0 radical (unpaired) electrons. The Bertz CT molecular complexity index is 570. The molecule has 136 valence electrons. The summed E-state index contributed by atoms with van der Waals surface area (Å²) in [7, 11) is 0. The molecule has 5 heteroatoms. The number of carbonyl (C=O) groups is 2. The second-order valence-corrected chi connectivity index (χ2v) is 7.15. The zero-order chi connectivity index (χ0) is 17.5. The van der Waals surface area contributed by atoms with Gasteiger partial charge in [0.2, 0.25) is 5.91 Å². The summed E-state index contributed by atoms with van der Waals surface area (Å²) in [5.41, 5.74) is 0.702. The van der Waals surface area contributed by atoms with Crippen molar-refractivity contribution in [1.82, 2.24) is 15.1 Å². The molecule has 1 N–H and O–H groups in total. The smallest absolute Gasteiger partial charge is 0.253 e. The Kier molecular flexibility index (Phi) is 6.45. The maximum absolute atomic E-state index is 12.6. The highest BCUT2D eigenvalue weighted by atomic mass is 16.2. The molecule has 0 aliphatic carbocycles. The van der Waals surface area contributed by atoms with Crippen LogP contribution >= 0.6 is 0 Å². The minimum atomic E-state index is -0.0808. The first-order valence-corrected chi connectivity index (χ1v) is 9.58. The number of piperidine rings is 2. The summed E-state index contributed by atoms with van der Waals surface area (Å²) in [6, 6.07) is 9.34. The lowest BCUT2D eigenvalue weighted by molar-refractivity contribution is -0.126. The lowest BCUT2D eigenvalue weighted by Gasteiger charge is -2.32. The summed E-state index contributed by atoms with van der Waals surface area (Å²) in [5, 5.41) is 3.08. The van der Waals surface area contributed by atoms with Gasteiger partial charge >= 0.3 is 0 Å². The van der Waals surface area contributed by atoms with Crippen LogP contribution in [0.5, 0.6) is 0 Å². The molecule has 2 aliphatic rings. The lowest BCUT2D eigenvalue weighted by atomic mass is 9.96. The zero-order valence-corrected chi connectivity index (χ0v) is 15.0. The monoisotopic (exact) mass is 343 g/mol. The summed E-state index contributed by atoms with van der Waals surface area (Å²) < 4.78 is 0. The van der Waals surface area contributed by atoms with Crippen molar-refractivity contribution in [2.75, 3.05) is 39.3 Å². The van der Waals surface area contributed by atoms with Crippen molar-refractivity contribution in [3.05, 3.63) is 35.9 Å². The van der Waals surface area contributed by atoms with Crippen LogP contribution in [0.2, 0.25) is 0 Å². The quantitative estimate of drug-likeness (QED) is 0.891. The van der Waals surface area contributed by atoms with Crippen molar-refractivity contribution in [3.8, 4) is 0 Å². The molecule has 0 spiro atoms. The van der Waals surface area contributed by atoms with E-state index in [0.717, 1.165) is 39.0 Å². The Morgan fingerprint density at radius 1 is 1.00 bits per heavy atom. The molecule has 1 aromatic carbocycles. The van der Waals surface area contributed by atoms with Crippen LogP contribution in [0.25, 0.3) is 0 Å². The summed E-state index contributed by atoms with van der Waals surface area (Å²) >= 11 is 0. The molecule has 1 unspecified atom stereocenters. The molecule has 25 heavy (non-hydrogen) atoms. The fraction of sp³-hybridized carbons (Fsp3) is 0.600. The fourth-order valence-corrected chi connectivity index (χ4v) is 3.80. The number of amides is 2. The predicted octanol–water partition coefficient (Wildman–Crippen LogP) is 2.14. The Morgan fingerprint density at radius 3 is 2.52 bits per heavy atom. The number of hydrogen-bond acceptors (Lipinski definition) is 3. The van der Waals surface area contributed by atoms with Crippen LogP contribution in [0.4, 0.5) is 0 Å². The van der Waals surface area contributed by atoms with Crippen LogP contribution in [0.3, 0.4) is 0 Å². The van der Waals surface area contributed by atoms with Crippen molar-refractivity contribution >= 4 is 11.8 Å². The Morgan fingerprint density at radius 2 is 1.76 bits per heavy atom. The largest absolute Gasteiger partial charge is 0.355 e. The predicted molar refractivity (Wildman–Crippen MR) is 98.4 cm³/mol. The average molecular weight is 343 g/mol. The summed E-state index contributed by atoms with van der Waals surface area (Å²) in [6.07, 6.45) is 5.63. The number of likely N-dealkylation sites (tertiary alicyclic amines) is 2. The van der Waals surface area contributed by atoms with E-state index < -0.39 is 0 Å². The van der Waals surface area contributed by atoms with Crippen molar-refractivity contribution in [1.29, 1.82) is 0 Å². The number of nitrogens with one attached hydrogen (secondary N) is 1.